The first-order valence-electron chi connectivity index (χ1n) is 13.5. The first kappa shape index (κ1) is 24.6. The summed E-state index contributed by atoms with van der Waals surface area (Å²) in [5.41, 5.74) is 11.2. The number of hydrogen-bond acceptors (Lipinski definition) is 1. The summed E-state index contributed by atoms with van der Waals surface area (Å²) in [4.78, 5) is 4.05. The lowest BCUT2D eigenvalue weighted by molar-refractivity contribution is 1.17. The second-order valence-corrected chi connectivity index (χ2v) is 10.2. The van der Waals surface area contributed by atoms with E-state index in [2.05, 4.69) is 140 Å². The van der Waals surface area contributed by atoms with Gasteiger partial charge in [-0.2, -0.15) is 0 Å². The third kappa shape index (κ3) is 4.28. The van der Waals surface area contributed by atoms with Crippen molar-refractivity contribution in [2.75, 3.05) is 7.05 Å². The van der Waals surface area contributed by atoms with Gasteiger partial charge in [-0.25, -0.2) is 0 Å². The van der Waals surface area contributed by atoms with Crippen molar-refractivity contribution in [2.45, 2.75) is 20.8 Å². The van der Waals surface area contributed by atoms with Crippen molar-refractivity contribution in [3.05, 3.63) is 132 Å². The molecule has 0 aliphatic carbocycles. The van der Waals surface area contributed by atoms with Crippen molar-refractivity contribution in [1.29, 1.82) is 0 Å². The van der Waals surface area contributed by atoms with Gasteiger partial charge >= 0.3 is 0 Å². The zero-order chi connectivity index (χ0) is 26.9. The van der Waals surface area contributed by atoms with E-state index in [1.54, 1.807) is 7.05 Å². The van der Waals surface area contributed by atoms with Crippen LogP contribution >= 0.6 is 0 Å². The minimum atomic E-state index is 1.18. The van der Waals surface area contributed by atoms with Crippen molar-refractivity contribution in [3.8, 4) is 16.8 Å². The zero-order valence-electron chi connectivity index (χ0n) is 22.9. The molecule has 6 rings (SSSR count). The number of aliphatic imine (C=N–C) groups is 1. The highest BCUT2D eigenvalue weighted by Gasteiger charge is 2.18. The molecule has 0 spiro atoms. The Morgan fingerprint density at radius 1 is 0.769 bits per heavy atom. The number of allylic oxidation sites excluding steroid dienone is 4. The fraction of sp³-hybridized carbons (Fsp3) is 0.108. The van der Waals surface area contributed by atoms with E-state index in [0.717, 1.165) is 0 Å². The molecule has 0 N–H and O–H groups in total. The summed E-state index contributed by atoms with van der Waals surface area (Å²) in [6.07, 6.45) is 8.01. The molecule has 0 atom stereocenters. The van der Waals surface area contributed by atoms with Crippen LogP contribution < -0.4 is 0 Å². The quantitative estimate of drug-likeness (QED) is 0.164. The number of aryl methyl sites for hydroxylation is 2. The van der Waals surface area contributed by atoms with Crippen LogP contribution in [0.1, 0.15) is 23.6 Å². The maximum atomic E-state index is 4.05. The molecule has 0 bridgehead atoms. The molecule has 1 heterocycles. The molecule has 0 fully saturated rings. The SMILES string of the molecule is CN=C/C=C\C=C(/C)c1cccc2cc3c4ccccc4n(-c4cccc(-c5ccccc5C)c4)c3c(C)c12. The average Bonchev–Trinajstić information content (AvgIpc) is 3.30. The van der Waals surface area contributed by atoms with E-state index in [1.165, 1.54) is 71.7 Å². The van der Waals surface area contributed by atoms with Gasteiger partial charge in [0, 0.05) is 29.7 Å². The van der Waals surface area contributed by atoms with Crippen molar-refractivity contribution in [1.82, 2.24) is 4.57 Å². The third-order valence-electron chi connectivity index (χ3n) is 7.72. The van der Waals surface area contributed by atoms with Crippen LogP contribution in [-0.4, -0.2) is 17.8 Å². The third-order valence-corrected chi connectivity index (χ3v) is 7.72. The lowest BCUT2D eigenvalue weighted by Crippen LogP contribution is -1.97. The highest BCUT2D eigenvalue weighted by atomic mass is 15.0. The Kier molecular flexibility index (Phi) is 6.46. The highest BCUT2D eigenvalue weighted by Crippen LogP contribution is 2.40. The fourth-order valence-electron chi connectivity index (χ4n) is 5.90. The molecule has 0 aliphatic rings. The van der Waals surface area contributed by atoms with E-state index in [4.69, 9.17) is 0 Å². The summed E-state index contributed by atoms with van der Waals surface area (Å²) in [5, 5.41) is 5.13. The Balaban J connectivity index is 1.66. The Morgan fingerprint density at radius 2 is 1.56 bits per heavy atom. The molecule has 39 heavy (non-hydrogen) atoms. The molecule has 0 aliphatic heterocycles. The van der Waals surface area contributed by atoms with Crippen LogP contribution in [0.25, 0.3) is 55.0 Å². The van der Waals surface area contributed by atoms with E-state index in [9.17, 15) is 0 Å². The number of para-hydroxylation sites is 1. The molecular weight excluding hydrogens is 472 g/mol. The summed E-state index contributed by atoms with van der Waals surface area (Å²) >= 11 is 0. The van der Waals surface area contributed by atoms with Crippen molar-refractivity contribution < 1.29 is 0 Å². The maximum Gasteiger partial charge on any atom is 0.0576 e. The second kappa shape index (κ2) is 10.2. The highest BCUT2D eigenvalue weighted by molar-refractivity contribution is 6.16. The molecular formula is C37H32N2. The van der Waals surface area contributed by atoms with Crippen molar-refractivity contribution >= 4 is 44.4 Å². The predicted octanol–water partition coefficient (Wildman–Crippen LogP) is 9.88. The fourth-order valence-corrected chi connectivity index (χ4v) is 5.90. The van der Waals surface area contributed by atoms with Gasteiger partial charge in [0.25, 0.3) is 0 Å². The molecule has 5 aromatic carbocycles. The van der Waals surface area contributed by atoms with Crippen molar-refractivity contribution in [3.63, 3.8) is 0 Å². The number of rotatable bonds is 5. The molecule has 6 aromatic rings. The Labute approximate surface area is 230 Å². The summed E-state index contributed by atoms with van der Waals surface area (Å²) in [6, 6.07) is 35.4. The molecule has 0 amide bonds. The minimum Gasteiger partial charge on any atom is -0.309 e. The van der Waals surface area contributed by atoms with Crippen LogP contribution in [0.3, 0.4) is 0 Å². The Bertz CT molecular complexity index is 1950. The van der Waals surface area contributed by atoms with Gasteiger partial charge < -0.3 is 4.57 Å². The van der Waals surface area contributed by atoms with Gasteiger partial charge in [-0.1, -0.05) is 84.9 Å². The molecule has 0 saturated carbocycles. The standard InChI is InChI=1S/C37H32N2/c1-25-13-5-6-18-31(25)28-15-11-17-30(23-28)39-35-21-8-7-19-33(35)34-24-29-16-12-20-32(36(29)27(3)37(34)39)26(2)14-9-10-22-38-4/h5-24H,1-4H3/b10-9-,26-14+,38-22?. The van der Waals surface area contributed by atoms with Crippen LogP contribution in [0.15, 0.2) is 120 Å². The molecule has 0 unspecified atom stereocenters. The van der Waals surface area contributed by atoms with Gasteiger partial charge in [0.05, 0.1) is 11.0 Å². The van der Waals surface area contributed by atoms with Crippen LogP contribution in [0, 0.1) is 13.8 Å². The van der Waals surface area contributed by atoms with E-state index in [0.29, 0.717) is 0 Å². The van der Waals surface area contributed by atoms with Crippen LogP contribution in [-0.2, 0) is 0 Å². The van der Waals surface area contributed by atoms with Gasteiger partial charge in [-0.3, -0.25) is 4.99 Å². The molecule has 1 aromatic heterocycles. The van der Waals surface area contributed by atoms with Gasteiger partial charge in [0.2, 0.25) is 0 Å². The number of nitrogens with zero attached hydrogens (tertiary/aromatic N) is 2. The summed E-state index contributed by atoms with van der Waals surface area (Å²) in [6.45, 7) is 6.65. The minimum absolute atomic E-state index is 1.18. The molecule has 2 nitrogen and oxygen atoms in total. The van der Waals surface area contributed by atoms with Crippen LogP contribution in [0.2, 0.25) is 0 Å². The lowest BCUT2D eigenvalue weighted by atomic mass is 9.93. The van der Waals surface area contributed by atoms with Crippen molar-refractivity contribution in [2.24, 2.45) is 4.99 Å². The van der Waals surface area contributed by atoms with Gasteiger partial charge in [-0.15, -0.1) is 0 Å². The largest absolute Gasteiger partial charge is 0.309 e. The van der Waals surface area contributed by atoms with Gasteiger partial charge in [0.1, 0.15) is 0 Å². The Hall–Kier alpha value is -4.69. The van der Waals surface area contributed by atoms with Gasteiger partial charge in [0.15, 0.2) is 0 Å². The first-order chi connectivity index (χ1) is 19.1. The molecule has 2 heteroatoms. The normalized spacial score (nSPS) is 12.6. The topological polar surface area (TPSA) is 17.3 Å². The summed E-state index contributed by atoms with van der Waals surface area (Å²) in [5.74, 6) is 0. The molecule has 0 radical (unpaired) electrons. The predicted molar refractivity (Wildman–Crippen MR) is 170 cm³/mol. The second-order valence-electron chi connectivity index (χ2n) is 10.2. The number of aromatic nitrogens is 1. The molecule has 0 saturated heterocycles. The monoisotopic (exact) mass is 504 g/mol. The lowest BCUT2D eigenvalue weighted by Gasteiger charge is -2.15. The zero-order valence-corrected chi connectivity index (χ0v) is 22.9. The molecule has 190 valence electrons. The Morgan fingerprint density at radius 3 is 2.41 bits per heavy atom. The maximum absolute atomic E-state index is 4.05. The van der Waals surface area contributed by atoms with E-state index < -0.39 is 0 Å². The van der Waals surface area contributed by atoms with E-state index >= 15 is 0 Å². The first-order valence-corrected chi connectivity index (χ1v) is 13.5. The smallest absolute Gasteiger partial charge is 0.0576 e. The van der Waals surface area contributed by atoms with Crippen LogP contribution in [0.5, 0.6) is 0 Å². The number of fused-ring (bicyclic) bond motifs is 4. The van der Waals surface area contributed by atoms with Gasteiger partial charge in [-0.05, 0) is 95.3 Å². The van der Waals surface area contributed by atoms with E-state index in [-0.39, 0.29) is 0 Å². The summed E-state index contributed by atoms with van der Waals surface area (Å²) < 4.78 is 2.45. The average molecular weight is 505 g/mol. The van der Waals surface area contributed by atoms with E-state index in [1.807, 2.05) is 12.3 Å². The van der Waals surface area contributed by atoms with Crippen LogP contribution in [0.4, 0.5) is 0 Å². The number of hydrogen-bond donors (Lipinski definition) is 0. The summed E-state index contributed by atoms with van der Waals surface area (Å²) in [7, 11) is 1.79. The number of benzene rings is 5.